The Morgan fingerprint density at radius 3 is 2.80 bits per heavy atom. The first-order chi connectivity index (χ1) is 9.61. The van der Waals surface area contributed by atoms with Crippen molar-refractivity contribution in [2.45, 2.75) is 6.42 Å². The summed E-state index contributed by atoms with van der Waals surface area (Å²) in [5, 5.41) is 3.10. The SMILES string of the molecule is Cn1cc(C=O)c2cccc(N3CCC(=O)NC3=O)c21. The number of rotatable bonds is 2. The summed E-state index contributed by atoms with van der Waals surface area (Å²) in [5.74, 6) is -0.265. The first-order valence-corrected chi connectivity index (χ1v) is 6.26. The van der Waals surface area contributed by atoms with Gasteiger partial charge in [0.05, 0.1) is 11.2 Å². The quantitative estimate of drug-likeness (QED) is 0.840. The Morgan fingerprint density at radius 1 is 1.30 bits per heavy atom. The van der Waals surface area contributed by atoms with Crippen molar-refractivity contribution in [2.24, 2.45) is 7.05 Å². The maximum absolute atomic E-state index is 12.0. The van der Waals surface area contributed by atoms with Crippen molar-refractivity contribution in [3.05, 3.63) is 30.0 Å². The number of carbonyl (C=O) groups is 3. The second kappa shape index (κ2) is 4.48. The minimum absolute atomic E-state index is 0.265. The number of anilines is 1. The highest BCUT2D eigenvalue weighted by Gasteiger charge is 2.26. The van der Waals surface area contributed by atoms with E-state index in [-0.39, 0.29) is 12.3 Å². The maximum Gasteiger partial charge on any atom is 0.328 e. The summed E-state index contributed by atoms with van der Waals surface area (Å²) in [4.78, 5) is 35.8. The van der Waals surface area contributed by atoms with Gasteiger partial charge >= 0.3 is 6.03 Å². The number of benzene rings is 1. The normalized spacial score (nSPS) is 15.6. The van der Waals surface area contributed by atoms with Crippen LogP contribution < -0.4 is 10.2 Å². The van der Waals surface area contributed by atoms with E-state index in [1.54, 1.807) is 12.3 Å². The third-order valence-electron chi connectivity index (χ3n) is 3.48. The van der Waals surface area contributed by atoms with Crippen LogP contribution in [0.1, 0.15) is 16.8 Å². The molecule has 0 saturated carbocycles. The number of para-hydroxylation sites is 1. The summed E-state index contributed by atoms with van der Waals surface area (Å²) in [7, 11) is 1.83. The fourth-order valence-corrected chi connectivity index (χ4v) is 2.58. The molecule has 6 nitrogen and oxygen atoms in total. The zero-order valence-corrected chi connectivity index (χ0v) is 10.9. The van der Waals surface area contributed by atoms with E-state index in [1.165, 1.54) is 4.90 Å². The average Bonchev–Trinajstić information content (AvgIpc) is 2.76. The predicted octanol–water partition coefficient (Wildman–Crippen LogP) is 1.44. The van der Waals surface area contributed by atoms with Gasteiger partial charge in [0.25, 0.3) is 0 Å². The Labute approximate surface area is 115 Å². The second-order valence-corrected chi connectivity index (χ2v) is 4.74. The Hall–Kier alpha value is -2.63. The van der Waals surface area contributed by atoms with Gasteiger partial charge < -0.3 is 4.57 Å². The van der Waals surface area contributed by atoms with Crippen molar-refractivity contribution in [1.82, 2.24) is 9.88 Å². The van der Waals surface area contributed by atoms with Gasteiger partial charge in [0.2, 0.25) is 5.91 Å². The van der Waals surface area contributed by atoms with E-state index in [0.717, 1.165) is 17.2 Å². The Kier molecular flexibility index (Phi) is 2.78. The van der Waals surface area contributed by atoms with Crippen LogP contribution in [0.4, 0.5) is 10.5 Å². The first kappa shape index (κ1) is 12.4. The second-order valence-electron chi connectivity index (χ2n) is 4.74. The highest BCUT2D eigenvalue weighted by Crippen LogP contribution is 2.30. The molecule has 2 heterocycles. The van der Waals surface area contributed by atoms with Crippen molar-refractivity contribution in [3.8, 4) is 0 Å². The van der Waals surface area contributed by atoms with Crippen LogP contribution in [-0.4, -0.2) is 29.3 Å². The van der Waals surface area contributed by atoms with E-state index < -0.39 is 6.03 Å². The van der Waals surface area contributed by atoms with E-state index in [4.69, 9.17) is 0 Å². The maximum atomic E-state index is 12.0. The van der Waals surface area contributed by atoms with Crippen LogP contribution in [0.5, 0.6) is 0 Å². The number of aromatic nitrogens is 1. The summed E-state index contributed by atoms with van der Waals surface area (Å²) in [5.41, 5.74) is 2.08. The molecule has 3 rings (SSSR count). The van der Waals surface area contributed by atoms with Crippen molar-refractivity contribution in [2.75, 3.05) is 11.4 Å². The van der Waals surface area contributed by atoms with Gasteiger partial charge in [0.15, 0.2) is 6.29 Å². The molecule has 0 radical (unpaired) electrons. The number of carbonyl (C=O) groups excluding carboxylic acids is 3. The minimum Gasteiger partial charge on any atom is -0.348 e. The zero-order chi connectivity index (χ0) is 14.3. The lowest BCUT2D eigenvalue weighted by molar-refractivity contribution is -0.120. The fraction of sp³-hybridized carbons (Fsp3) is 0.214. The number of fused-ring (bicyclic) bond motifs is 1. The summed E-state index contributed by atoms with van der Waals surface area (Å²) in [6, 6.07) is 5.03. The Bertz CT molecular complexity index is 733. The summed E-state index contributed by atoms with van der Waals surface area (Å²) < 4.78 is 1.82. The van der Waals surface area contributed by atoms with Gasteiger partial charge in [-0.2, -0.15) is 0 Å². The predicted molar refractivity (Wildman–Crippen MR) is 73.8 cm³/mol. The van der Waals surface area contributed by atoms with Gasteiger partial charge in [-0.1, -0.05) is 12.1 Å². The fourth-order valence-electron chi connectivity index (χ4n) is 2.58. The number of urea groups is 1. The molecule has 0 spiro atoms. The molecule has 0 atom stereocenters. The molecule has 1 saturated heterocycles. The Morgan fingerprint density at radius 2 is 2.10 bits per heavy atom. The molecule has 2 aromatic rings. The van der Waals surface area contributed by atoms with Gasteiger partial charge in [0, 0.05) is 37.2 Å². The third-order valence-corrected chi connectivity index (χ3v) is 3.48. The van der Waals surface area contributed by atoms with Crippen LogP contribution >= 0.6 is 0 Å². The number of aryl methyl sites for hydroxylation is 1. The molecule has 0 bridgehead atoms. The molecule has 1 aromatic carbocycles. The van der Waals surface area contributed by atoms with Gasteiger partial charge in [-0.25, -0.2) is 4.79 Å². The number of nitrogens with one attached hydrogen (secondary N) is 1. The number of aldehydes is 1. The highest BCUT2D eigenvalue weighted by atomic mass is 16.2. The standard InChI is InChI=1S/C14H13N3O3/c1-16-7-9(8-18)10-3-2-4-11(13(10)16)17-6-5-12(19)15-14(17)20/h2-4,7-8H,5-6H2,1H3,(H,15,19,20). The number of hydrogen-bond acceptors (Lipinski definition) is 3. The van der Waals surface area contributed by atoms with Gasteiger partial charge in [-0.3, -0.25) is 19.8 Å². The molecular weight excluding hydrogens is 258 g/mol. The zero-order valence-electron chi connectivity index (χ0n) is 10.9. The van der Waals surface area contributed by atoms with Crippen LogP contribution in [0.15, 0.2) is 24.4 Å². The van der Waals surface area contributed by atoms with Crippen molar-refractivity contribution < 1.29 is 14.4 Å². The lowest BCUT2D eigenvalue weighted by atomic mass is 10.1. The number of amides is 3. The van der Waals surface area contributed by atoms with Crippen LogP contribution in [-0.2, 0) is 11.8 Å². The molecule has 6 heteroatoms. The third kappa shape index (κ3) is 1.77. The Balaban J connectivity index is 2.17. The molecule has 20 heavy (non-hydrogen) atoms. The van der Waals surface area contributed by atoms with Crippen LogP contribution in [0.2, 0.25) is 0 Å². The molecule has 1 aliphatic rings. The largest absolute Gasteiger partial charge is 0.348 e. The van der Waals surface area contributed by atoms with Crippen molar-refractivity contribution in [1.29, 1.82) is 0 Å². The number of imide groups is 1. The van der Waals surface area contributed by atoms with E-state index in [9.17, 15) is 14.4 Å². The van der Waals surface area contributed by atoms with Crippen LogP contribution in [0.3, 0.4) is 0 Å². The molecule has 102 valence electrons. The van der Waals surface area contributed by atoms with Crippen molar-refractivity contribution >= 4 is 34.8 Å². The topological polar surface area (TPSA) is 71.4 Å². The monoisotopic (exact) mass is 271 g/mol. The highest BCUT2D eigenvalue weighted by molar-refractivity contribution is 6.11. The molecule has 1 aromatic heterocycles. The summed E-state index contributed by atoms with van der Waals surface area (Å²) >= 11 is 0. The molecule has 3 amide bonds. The molecule has 0 aliphatic carbocycles. The van der Waals surface area contributed by atoms with Crippen molar-refractivity contribution in [3.63, 3.8) is 0 Å². The van der Waals surface area contributed by atoms with E-state index in [1.807, 2.05) is 23.7 Å². The summed E-state index contributed by atoms with van der Waals surface area (Å²) in [6.45, 7) is 0.339. The lowest BCUT2D eigenvalue weighted by Crippen LogP contribution is -2.49. The van der Waals surface area contributed by atoms with Gasteiger partial charge in [0.1, 0.15) is 0 Å². The molecular formula is C14H13N3O3. The molecule has 0 unspecified atom stereocenters. The van der Waals surface area contributed by atoms with E-state index >= 15 is 0 Å². The minimum atomic E-state index is -0.428. The lowest BCUT2D eigenvalue weighted by Gasteiger charge is -2.27. The molecule has 1 N–H and O–H groups in total. The average molecular weight is 271 g/mol. The number of nitrogens with zero attached hydrogens (tertiary/aromatic N) is 2. The first-order valence-electron chi connectivity index (χ1n) is 6.26. The van der Waals surface area contributed by atoms with Gasteiger partial charge in [-0.05, 0) is 6.07 Å². The van der Waals surface area contributed by atoms with Gasteiger partial charge in [-0.15, -0.1) is 0 Å². The molecule has 1 aliphatic heterocycles. The van der Waals surface area contributed by atoms with Crippen LogP contribution in [0.25, 0.3) is 10.9 Å². The van der Waals surface area contributed by atoms with Crippen LogP contribution in [0, 0.1) is 0 Å². The molecule has 1 fully saturated rings. The summed E-state index contributed by atoms with van der Waals surface area (Å²) in [6.07, 6.45) is 2.80. The van der Waals surface area contributed by atoms with E-state index in [0.29, 0.717) is 17.8 Å². The van der Waals surface area contributed by atoms with E-state index in [2.05, 4.69) is 5.32 Å². The number of hydrogen-bond donors (Lipinski definition) is 1. The smallest absolute Gasteiger partial charge is 0.328 e.